The number of carboxylic acid groups (broad SMARTS) is 1. The Kier molecular flexibility index (Phi) is 14.3. The molecule has 288 valence electrons. The predicted octanol–water partition coefficient (Wildman–Crippen LogP) is 8.16. The summed E-state index contributed by atoms with van der Waals surface area (Å²) in [6, 6.07) is 24.3. The molecule has 3 aromatic carbocycles. The van der Waals surface area contributed by atoms with Crippen LogP contribution in [0.1, 0.15) is 91.6 Å². The van der Waals surface area contributed by atoms with Crippen LogP contribution in [-0.4, -0.2) is 56.7 Å². The molecule has 2 heterocycles. The normalized spacial score (nSPS) is 13.0. The van der Waals surface area contributed by atoms with Crippen LogP contribution in [-0.2, 0) is 21.4 Å². The average molecular weight is 763 g/mol. The summed E-state index contributed by atoms with van der Waals surface area (Å²) >= 11 is 1.34. The van der Waals surface area contributed by atoms with Gasteiger partial charge in [0.1, 0.15) is 17.9 Å². The van der Waals surface area contributed by atoms with Crippen molar-refractivity contribution in [1.82, 2.24) is 20.6 Å². The molecule has 5 rings (SSSR count). The summed E-state index contributed by atoms with van der Waals surface area (Å²) in [6.45, 7) is 9.07. The first-order chi connectivity index (χ1) is 26.4. The lowest BCUT2D eigenvalue weighted by atomic mass is 9.95. The number of aromatic nitrogens is 2. The third-order valence-corrected chi connectivity index (χ3v) is 10.7. The molecule has 0 radical (unpaired) electrons. The monoisotopic (exact) mass is 762 g/mol. The van der Waals surface area contributed by atoms with Crippen LogP contribution in [0.4, 0.5) is 0 Å². The van der Waals surface area contributed by atoms with E-state index in [0.29, 0.717) is 28.4 Å². The SMILES string of the molecule is CCCCCCCOc1ccc(-c2cnc(-c3ccc(C[C@H](NC(=O)c4ccc(C(C)(C)C)s4)C(=O)NC(C(=O)O)C(O)c4ccccc4)cc3)nc2)cc1. The highest BCUT2D eigenvalue weighted by Gasteiger charge is 2.33. The van der Waals surface area contributed by atoms with E-state index in [1.807, 2.05) is 54.6 Å². The van der Waals surface area contributed by atoms with Gasteiger partial charge in [0.15, 0.2) is 11.9 Å². The Balaban J connectivity index is 1.27. The Morgan fingerprint density at radius 3 is 2.05 bits per heavy atom. The van der Waals surface area contributed by atoms with Crippen molar-refractivity contribution < 1.29 is 29.3 Å². The van der Waals surface area contributed by atoms with Crippen LogP contribution < -0.4 is 15.4 Å². The standard InChI is InChI=1S/C44H50N4O6S/c1-5-6-7-8-12-25-54-34-21-19-30(20-22-34)33-27-45-40(46-28-33)32-17-15-29(16-18-32)26-35(47-42(51)36-23-24-37(55-36)44(2,3)4)41(50)48-38(43(52)53)39(49)31-13-10-9-11-14-31/h9-11,13-24,27-28,35,38-39,49H,5-8,12,25-26H2,1-4H3,(H,47,51)(H,48,50)(H,52,53)/t35-,38?,39?/m0/s1. The molecule has 0 aliphatic rings. The molecule has 0 aliphatic carbocycles. The summed E-state index contributed by atoms with van der Waals surface area (Å²) in [6.07, 6.45) is 8.04. The van der Waals surface area contributed by atoms with Crippen LogP contribution in [0.15, 0.2) is 103 Å². The third kappa shape index (κ3) is 11.6. The van der Waals surface area contributed by atoms with Gasteiger partial charge >= 0.3 is 5.97 Å². The van der Waals surface area contributed by atoms with Gasteiger partial charge < -0.3 is 25.6 Å². The van der Waals surface area contributed by atoms with Gasteiger partial charge in [-0.15, -0.1) is 11.3 Å². The molecule has 0 saturated carbocycles. The summed E-state index contributed by atoms with van der Waals surface area (Å²) in [5, 5.41) is 26.2. The molecule has 2 unspecified atom stereocenters. The zero-order chi connectivity index (χ0) is 39.4. The molecular weight excluding hydrogens is 713 g/mol. The molecule has 4 N–H and O–H groups in total. The second kappa shape index (κ2) is 19.3. The Labute approximate surface area is 327 Å². The molecule has 0 fully saturated rings. The number of ether oxygens (including phenoxy) is 1. The molecule has 0 spiro atoms. The van der Waals surface area contributed by atoms with Gasteiger partial charge in [0.05, 0.1) is 11.5 Å². The molecule has 0 bridgehead atoms. The molecule has 2 aromatic heterocycles. The minimum absolute atomic E-state index is 0.0570. The zero-order valence-electron chi connectivity index (χ0n) is 31.8. The third-order valence-electron chi connectivity index (χ3n) is 9.22. The molecule has 0 aliphatic heterocycles. The number of unbranched alkanes of at least 4 members (excludes halogenated alkanes) is 4. The first kappa shape index (κ1) is 40.8. The number of rotatable bonds is 18. The van der Waals surface area contributed by atoms with Gasteiger partial charge in [0.25, 0.3) is 5.91 Å². The van der Waals surface area contributed by atoms with Gasteiger partial charge in [-0.3, -0.25) is 9.59 Å². The number of aliphatic carboxylic acids is 1. The van der Waals surface area contributed by atoms with Crippen molar-refractivity contribution >= 4 is 29.1 Å². The Morgan fingerprint density at radius 1 is 0.782 bits per heavy atom. The number of hydrogen-bond acceptors (Lipinski definition) is 8. The van der Waals surface area contributed by atoms with Crippen LogP contribution in [0.5, 0.6) is 5.75 Å². The number of carbonyl (C=O) groups excluding carboxylic acids is 2. The van der Waals surface area contributed by atoms with Crippen molar-refractivity contribution in [3.05, 3.63) is 124 Å². The molecule has 5 aromatic rings. The van der Waals surface area contributed by atoms with Crippen molar-refractivity contribution in [2.24, 2.45) is 0 Å². The number of thiophene rings is 1. The second-order valence-electron chi connectivity index (χ2n) is 14.6. The van der Waals surface area contributed by atoms with Crippen LogP contribution in [0.2, 0.25) is 0 Å². The number of benzene rings is 3. The largest absolute Gasteiger partial charge is 0.494 e. The highest BCUT2D eigenvalue weighted by molar-refractivity contribution is 7.14. The summed E-state index contributed by atoms with van der Waals surface area (Å²) in [7, 11) is 0. The Morgan fingerprint density at radius 2 is 1.44 bits per heavy atom. The number of nitrogens with one attached hydrogen (secondary N) is 2. The van der Waals surface area contributed by atoms with E-state index in [2.05, 4.69) is 48.3 Å². The highest BCUT2D eigenvalue weighted by atomic mass is 32.1. The topological polar surface area (TPSA) is 151 Å². The van der Waals surface area contributed by atoms with Crippen LogP contribution in [0.3, 0.4) is 0 Å². The number of carbonyl (C=O) groups is 3. The predicted molar refractivity (Wildman–Crippen MR) is 216 cm³/mol. The van der Waals surface area contributed by atoms with Crippen molar-refractivity contribution in [2.75, 3.05) is 6.61 Å². The molecule has 10 nitrogen and oxygen atoms in total. The second-order valence-corrected chi connectivity index (χ2v) is 15.7. The van der Waals surface area contributed by atoms with Crippen molar-refractivity contribution in [3.63, 3.8) is 0 Å². The fourth-order valence-corrected chi connectivity index (χ4v) is 6.93. The van der Waals surface area contributed by atoms with E-state index < -0.39 is 36.0 Å². The lowest BCUT2D eigenvalue weighted by Gasteiger charge is -2.24. The first-order valence-corrected chi connectivity index (χ1v) is 19.6. The number of carboxylic acids is 1. The number of nitrogens with zero attached hydrogens (tertiary/aromatic N) is 2. The lowest BCUT2D eigenvalue weighted by Crippen LogP contribution is -2.54. The van der Waals surface area contributed by atoms with Crippen LogP contribution in [0, 0.1) is 0 Å². The van der Waals surface area contributed by atoms with Gasteiger partial charge in [-0.25, -0.2) is 14.8 Å². The van der Waals surface area contributed by atoms with E-state index in [0.717, 1.165) is 33.7 Å². The molecular formula is C44H50N4O6S. The Hall–Kier alpha value is -5.39. The molecule has 0 saturated heterocycles. The first-order valence-electron chi connectivity index (χ1n) is 18.7. The maximum atomic E-state index is 13.8. The van der Waals surface area contributed by atoms with Crippen molar-refractivity contribution in [2.45, 2.75) is 89.8 Å². The molecule has 2 amide bonds. The summed E-state index contributed by atoms with van der Waals surface area (Å²) in [5.41, 5.74) is 3.48. The fraction of sp³-hybridized carbons (Fsp3) is 0.341. The maximum absolute atomic E-state index is 13.8. The van der Waals surface area contributed by atoms with Gasteiger partial charge in [-0.2, -0.15) is 0 Å². The van der Waals surface area contributed by atoms with E-state index in [9.17, 15) is 24.6 Å². The minimum atomic E-state index is -1.65. The average Bonchev–Trinajstić information content (AvgIpc) is 3.71. The quantitative estimate of drug-likeness (QED) is 0.0654. The van der Waals surface area contributed by atoms with Gasteiger partial charge in [-0.05, 0) is 52.8 Å². The minimum Gasteiger partial charge on any atom is -0.494 e. The summed E-state index contributed by atoms with van der Waals surface area (Å²) in [4.78, 5) is 50.1. The van der Waals surface area contributed by atoms with E-state index in [1.165, 1.54) is 37.0 Å². The maximum Gasteiger partial charge on any atom is 0.329 e. The van der Waals surface area contributed by atoms with E-state index in [-0.39, 0.29) is 11.8 Å². The van der Waals surface area contributed by atoms with Gasteiger partial charge in [0, 0.05) is 34.8 Å². The molecule has 55 heavy (non-hydrogen) atoms. The summed E-state index contributed by atoms with van der Waals surface area (Å²) < 4.78 is 5.90. The number of hydrogen-bond donors (Lipinski definition) is 4. The number of aliphatic hydroxyl groups is 1. The molecule has 3 atom stereocenters. The van der Waals surface area contributed by atoms with Gasteiger partial charge in [-0.1, -0.05) is 120 Å². The van der Waals surface area contributed by atoms with E-state index >= 15 is 0 Å². The van der Waals surface area contributed by atoms with Crippen molar-refractivity contribution in [3.8, 4) is 28.3 Å². The Bertz CT molecular complexity index is 1990. The zero-order valence-corrected chi connectivity index (χ0v) is 32.6. The van der Waals surface area contributed by atoms with Crippen LogP contribution >= 0.6 is 11.3 Å². The fourth-order valence-electron chi connectivity index (χ4n) is 5.96. The van der Waals surface area contributed by atoms with E-state index in [1.54, 1.807) is 48.8 Å². The van der Waals surface area contributed by atoms with Gasteiger partial charge in [0.2, 0.25) is 5.91 Å². The summed E-state index contributed by atoms with van der Waals surface area (Å²) in [5.74, 6) is -1.25. The van der Waals surface area contributed by atoms with E-state index in [4.69, 9.17) is 4.74 Å². The molecule has 11 heteroatoms. The van der Waals surface area contributed by atoms with Crippen LogP contribution in [0.25, 0.3) is 22.5 Å². The lowest BCUT2D eigenvalue weighted by molar-refractivity contribution is -0.145. The highest BCUT2D eigenvalue weighted by Crippen LogP contribution is 2.30. The number of amides is 2. The van der Waals surface area contributed by atoms with Crippen molar-refractivity contribution in [1.29, 1.82) is 0 Å². The smallest absolute Gasteiger partial charge is 0.329 e. The number of aliphatic hydroxyl groups excluding tert-OH is 1.